The van der Waals surface area contributed by atoms with Crippen molar-refractivity contribution < 1.29 is 145 Å². The van der Waals surface area contributed by atoms with Crippen molar-refractivity contribution in [2.75, 3.05) is 28.2 Å². The standard InChI is InChI=1S/2C17H24N2O.3C15H18N2O3.10ClH.5Zr/c1-11-5-4-6-13(17(11)20)10-18-15-8-12-7-14(15)16(9-12)19(2)3;1-11-5-4-6-12(17(11)20)10-18-15-8-14-7-13(15)9-16(14)19(2)3;1-9-3-2-4-11(15(9)18)8-16-13-6-10-5-12(13)14(7-10)17(19)20;1-9-3-2-4-10(15(9)18)8-16-13-6-12-5-11(13)7-14(12)17(19)20;1-9-3-2-4-12(15(9)18)8-16-13-10-5-6-11(7-10)14(13)17(19)20;;;;;;;;;;;;;;;/h4-6,10,12,14-16,20H,7-9H2,1-3H3;4-6,10,13-16,20H,7-9H2,1-3H3;2-4,8,10,12-14,18H,5-7H2,1H3;2-4,8,11-14,18H,5-7H2,1H3;2-4,8,10-11,13-14,18H,5-7H2,1H3;10*1H;;;;;/q;;;;;;;;;;;;;;;5*+2/p-10. The van der Waals surface area contributed by atoms with Gasteiger partial charge in [0.05, 0.1) is 24.2 Å². The number of aryl methyl sites for hydroxylation is 5. The second-order valence-electron chi connectivity index (χ2n) is 31.4. The number of halogens is 10. The van der Waals surface area contributed by atoms with Crippen molar-refractivity contribution in [2.45, 2.75) is 191 Å². The maximum absolute atomic E-state index is 11.2. The minimum absolute atomic E-state index is 0.0315. The Hall–Kier alpha value is -1.11. The molecule has 0 aliphatic heterocycles. The maximum atomic E-state index is 11.2. The van der Waals surface area contributed by atoms with Crippen LogP contribution in [0.25, 0.3) is 0 Å². The first-order valence-corrected chi connectivity index (χ1v) is 69.7. The number of rotatable bonds is 15. The van der Waals surface area contributed by atoms with Crippen molar-refractivity contribution in [3.8, 4) is 28.7 Å². The molecule has 36 heteroatoms. The van der Waals surface area contributed by atoms with Gasteiger partial charge in [-0.2, -0.15) is 0 Å². The summed E-state index contributed by atoms with van der Waals surface area (Å²) in [6.07, 6.45) is 24.3. The number of phenols is 5. The molecule has 5 aromatic rings. The van der Waals surface area contributed by atoms with E-state index in [1.165, 1.54) is 38.5 Å². The molecule has 0 saturated heterocycles. The molecular formula is C79H102Cl10N10O11Zr5. The second kappa shape index (κ2) is 52.6. The molecular weight excluding hydrogens is 2080 g/mol. The predicted molar refractivity (Wildman–Crippen MR) is 451 cm³/mol. The Kier molecular flexibility index (Phi) is 47.0. The second-order valence-corrected chi connectivity index (χ2v) is 50.0. The van der Waals surface area contributed by atoms with Gasteiger partial charge in [0.25, 0.3) is 0 Å². The molecule has 10 bridgehead atoms. The van der Waals surface area contributed by atoms with E-state index in [2.05, 4.69) is 53.0 Å². The summed E-state index contributed by atoms with van der Waals surface area (Å²) in [7, 11) is 58.1. The number of para-hydroxylation sites is 5. The first kappa shape index (κ1) is 103. The third-order valence-corrected chi connectivity index (χ3v) is 24.3. The molecule has 0 spiro atoms. The van der Waals surface area contributed by atoms with E-state index in [-0.39, 0.29) is 73.9 Å². The molecule has 15 rings (SSSR count). The zero-order valence-corrected chi connectivity index (χ0v) is 85.5. The summed E-state index contributed by atoms with van der Waals surface area (Å²) in [6.45, 7) is 9.36. The van der Waals surface area contributed by atoms with Crippen molar-refractivity contribution in [3.63, 3.8) is 0 Å². The van der Waals surface area contributed by atoms with E-state index in [9.17, 15) is 55.9 Å². The number of hydrogen-bond donors (Lipinski definition) is 5. The van der Waals surface area contributed by atoms with Crippen LogP contribution in [-0.2, 0) is 104 Å². The number of phenolic OH excluding ortho intramolecular Hbond substituents is 5. The van der Waals surface area contributed by atoms with Gasteiger partial charge < -0.3 is 35.3 Å². The third-order valence-electron chi connectivity index (χ3n) is 24.3. The van der Waals surface area contributed by atoms with Crippen LogP contribution < -0.4 is 0 Å². The molecule has 20 unspecified atom stereocenters. The SMILES string of the molecule is Cc1cccc(C=NC2C3CCC(C3)C2[N+](=O)[O-])c1O.Cc1cccc(C=NC2CC3CC2C(N(C)C)C3)c1O.Cc1cccc(C=NC2CC3CC2C([N+](=O)[O-])C3)c1O.Cc1cccc(C=NC2CC3CC2CC3N(C)C)c1O.Cc1cccc(C=NC2CC3CC2CC3[N+](=O)[O-])c1O.[Cl][Zr][Cl].[Cl][Zr][Cl].[Cl][Zr][Cl].[Cl][Zr][Cl].[Cl][Zr][Cl]. The number of aromatic hydroxyl groups is 5. The number of fused-ring (bicyclic) bond motifs is 10. The molecule has 5 aromatic carbocycles. The van der Waals surface area contributed by atoms with Gasteiger partial charge in [-0.15, -0.1) is 0 Å². The Labute approximate surface area is 769 Å². The van der Waals surface area contributed by atoms with Crippen LogP contribution in [0, 0.1) is 124 Å². The Morgan fingerprint density at radius 1 is 0.348 bits per heavy atom. The van der Waals surface area contributed by atoms with Gasteiger partial charge in [0.2, 0.25) is 18.1 Å². The van der Waals surface area contributed by atoms with Crippen molar-refractivity contribution in [2.24, 2.45) is 84.1 Å². The molecule has 0 heterocycles. The topological polar surface area (TPSA) is 299 Å². The average Bonchev–Trinajstić information content (AvgIpc) is 1.65. The van der Waals surface area contributed by atoms with Gasteiger partial charge in [0.15, 0.2) is 0 Å². The minimum atomic E-state index is -0.826. The summed E-state index contributed by atoms with van der Waals surface area (Å²) < 4.78 is 0. The zero-order chi connectivity index (χ0) is 84.9. The van der Waals surface area contributed by atoms with Gasteiger partial charge in [-0.05, 0) is 246 Å². The van der Waals surface area contributed by atoms with E-state index in [4.69, 9.17) is 95.1 Å². The quantitative estimate of drug-likeness (QED) is 0.0370. The molecule has 115 heavy (non-hydrogen) atoms. The van der Waals surface area contributed by atoms with Crippen molar-refractivity contribution in [1.29, 1.82) is 0 Å². The van der Waals surface area contributed by atoms with Crippen LogP contribution in [0.2, 0.25) is 0 Å². The Bertz CT molecular complexity index is 4070. The normalized spacial score (nSPS) is 28.7. The molecule has 20 atom stereocenters. The fraction of sp³-hybridized carbons (Fsp3) is 0.557. The number of aliphatic imine (C=N–C) groups is 5. The van der Waals surface area contributed by atoms with Gasteiger partial charge in [-0.1, -0.05) is 60.7 Å². The van der Waals surface area contributed by atoms with Crippen molar-refractivity contribution >= 4 is 116 Å². The van der Waals surface area contributed by atoms with Gasteiger partial charge in [0.1, 0.15) is 34.8 Å². The van der Waals surface area contributed by atoms with Crippen LogP contribution in [0.15, 0.2) is 116 Å². The summed E-state index contributed by atoms with van der Waals surface area (Å²) >= 11 is -4.13. The summed E-state index contributed by atoms with van der Waals surface area (Å²) in [4.78, 5) is 60.5. The Morgan fingerprint density at radius 3 is 1.00 bits per heavy atom. The van der Waals surface area contributed by atoms with Crippen molar-refractivity contribution in [1.82, 2.24) is 9.80 Å². The average molecular weight is 2180 g/mol. The zero-order valence-electron chi connectivity index (χ0n) is 65.6. The van der Waals surface area contributed by atoms with Gasteiger partial charge in [0, 0.05) is 116 Å². The van der Waals surface area contributed by atoms with Crippen LogP contribution in [-0.4, -0.2) is 170 Å². The van der Waals surface area contributed by atoms with Gasteiger partial charge in [-0.3, -0.25) is 55.3 Å². The molecule has 0 radical (unpaired) electrons. The number of benzene rings is 5. The first-order chi connectivity index (χ1) is 54.9. The molecule has 21 nitrogen and oxygen atoms in total. The first-order valence-electron chi connectivity index (χ1n) is 38.0. The van der Waals surface area contributed by atoms with Crippen LogP contribution in [0.5, 0.6) is 28.7 Å². The van der Waals surface area contributed by atoms with Crippen LogP contribution in [0.4, 0.5) is 0 Å². The van der Waals surface area contributed by atoms with Gasteiger partial charge in [-0.25, -0.2) is 0 Å². The summed E-state index contributed by atoms with van der Waals surface area (Å²) in [5, 5.41) is 83.0. The summed E-state index contributed by atoms with van der Waals surface area (Å²) in [5.74, 6) is 6.07. The van der Waals surface area contributed by atoms with Crippen molar-refractivity contribution in [3.05, 3.63) is 177 Å². The number of nitro groups is 3. The van der Waals surface area contributed by atoms with E-state index in [0.717, 1.165) is 113 Å². The monoisotopic (exact) mass is 2170 g/mol. The molecule has 10 saturated carbocycles. The third kappa shape index (κ3) is 30.1. The van der Waals surface area contributed by atoms with E-state index in [0.29, 0.717) is 77.3 Å². The predicted octanol–water partition coefficient (Wildman–Crippen LogP) is 20.3. The summed E-state index contributed by atoms with van der Waals surface area (Å²) in [6, 6.07) is 29.2. The molecule has 10 fully saturated rings. The van der Waals surface area contributed by atoms with Crippen LogP contribution in [0.3, 0.4) is 0 Å². The van der Waals surface area contributed by atoms with Crippen LogP contribution >= 0.6 is 85.1 Å². The fourth-order valence-corrected chi connectivity index (χ4v) is 19.0. The molecule has 5 N–H and O–H groups in total. The molecule has 624 valence electrons. The summed E-state index contributed by atoms with van der Waals surface area (Å²) in [5.41, 5.74) is 7.97. The Morgan fingerprint density at radius 2 is 0.670 bits per heavy atom. The molecule has 0 aromatic heterocycles. The Balaban J connectivity index is 0.000000214. The van der Waals surface area contributed by atoms with E-state index < -0.39 is 116 Å². The number of hydrogen-bond acceptors (Lipinski definition) is 18. The molecule has 10 aliphatic carbocycles. The van der Waals surface area contributed by atoms with E-state index >= 15 is 0 Å². The van der Waals surface area contributed by atoms with Gasteiger partial charge >= 0.3 is 189 Å². The van der Waals surface area contributed by atoms with E-state index in [1.54, 1.807) is 24.7 Å². The van der Waals surface area contributed by atoms with E-state index in [1.807, 2.05) is 132 Å². The van der Waals surface area contributed by atoms with Crippen LogP contribution in [0.1, 0.15) is 152 Å². The number of nitrogens with zero attached hydrogens (tertiary/aromatic N) is 10. The molecule has 0 amide bonds. The fourth-order valence-electron chi connectivity index (χ4n) is 19.0. The molecule has 10 aliphatic rings.